The van der Waals surface area contributed by atoms with E-state index < -0.39 is 0 Å². The highest BCUT2D eigenvalue weighted by molar-refractivity contribution is 7.99. The molecule has 2 atom stereocenters. The van der Waals surface area contributed by atoms with Gasteiger partial charge in [0.15, 0.2) is 0 Å². The molecule has 1 aliphatic rings. The van der Waals surface area contributed by atoms with E-state index in [0.29, 0.717) is 16.6 Å². The summed E-state index contributed by atoms with van der Waals surface area (Å²) in [5, 5.41) is 3.67. The lowest BCUT2D eigenvalue weighted by molar-refractivity contribution is 0.0938. The van der Waals surface area contributed by atoms with Crippen molar-refractivity contribution >= 4 is 23.5 Å². The molecule has 0 aliphatic heterocycles. The Hall–Kier alpha value is -1.27. The van der Waals surface area contributed by atoms with E-state index in [2.05, 4.69) is 22.0 Å². The molecule has 1 heterocycles. The number of nitrogen functional groups attached to an aromatic ring is 1. The van der Waals surface area contributed by atoms with Crippen LogP contribution in [-0.4, -0.2) is 28.4 Å². The first-order valence-corrected chi connectivity index (χ1v) is 8.28. The van der Waals surface area contributed by atoms with Crippen molar-refractivity contribution < 1.29 is 4.79 Å². The number of aromatic nitrogens is 1. The molecule has 1 amide bonds. The SMILES string of the molecule is CCc1cc(C(=O)NC2CCCC2SC)cc(NN)n1. The maximum atomic E-state index is 12.4. The summed E-state index contributed by atoms with van der Waals surface area (Å²) in [6.07, 6.45) is 6.30. The lowest BCUT2D eigenvalue weighted by Gasteiger charge is -2.19. The third-order valence-electron chi connectivity index (χ3n) is 3.72. The topological polar surface area (TPSA) is 80.0 Å². The fraction of sp³-hybridized carbons (Fsp3) is 0.571. The summed E-state index contributed by atoms with van der Waals surface area (Å²) in [5.74, 6) is 5.89. The predicted molar refractivity (Wildman–Crippen MR) is 83.8 cm³/mol. The van der Waals surface area contributed by atoms with E-state index in [0.717, 1.165) is 18.5 Å². The van der Waals surface area contributed by atoms with E-state index in [1.54, 1.807) is 6.07 Å². The van der Waals surface area contributed by atoms with E-state index in [4.69, 9.17) is 5.84 Å². The first kappa shape index (κ1) is 15.1. The minimum atomic E-state index is -0.0375. The van der Waals surface area contributed by atoms with Gasteiger partial charge in [-0.1, -0.05) is 13.3 Å². The first-order chi connectivity index (χ1) is 9.67. The van der Waals surface area contributed by atoms with Gasteiger partial charge in [0.2, 0.25) is 0 Å². The molecule has 1 fully saturated rings. The number of rotatable bonds is 5. The summed E-state index contributed by atoms with van der Waals surface area (Å²) < 4.78 is 0. The number of hydrogen-bond donors (Lipinski definition) is 3. The Balaban J connectivity index is 2.12. The van der Waals surface area contributed by atoms with Crippen molar-refractivity contribution in [2.75, 3.05) is 11.7 Å². The van der Waals surface area contributed by atoms with Crippen molar-refractivity contribution in [2.45, 2.75) is 43.9 Å². The van der Waals surface area contributed by atoms with Gasteiger partial charge in [0, 0.05) is 22.5 Å². The monoisotopic (exact) mass is 294 g/mol. The second kappa shape index (κ2) is 6.95. The van der Waals surface area contributed by atoms with Crippen LogP contribution in [0.3, 0.4) is 0 Å². The third-order valence-corrected chi connectivity index (χ3v) is 4.89. The van der Waals surface area contributed by atoms with Crippen molar-refractivity contribution in [2.24, 2.45) is 5.84 Å². The smallest absolute Gasteiger partial charge is 0.251 e. The maximum absolute atomic E-state index is 12.4. The van der Waals surface area contributed by atoms with Gasteiger partial charge in [-0.2, -0.15) is 11.8 Å². The molecule has 6 heteroatoms. The second-order valence-corrected chi connectivity index (χ2v) is 6.09. The fourth-order valence-electron chi connectivity index (χ4n) is 2.60. The second-order valence-electron chi connectivity index (χ2n) is 5.02. The van der Waals surface area contributed by atoms with Gasteiger partial charge in [0.25, 0.3) is 5.91 Å². The van der Waals surface area contributed by atoms with E-state index in [-0.39, 0.29) is 11.9 Å². The molecule has 2 rings (SSSR count). The number of carbonyl (C=O) groups is 1. The number of aryl methyl sites for hydroxylation is 1. The summed E-state index contributed by atoms with van der Waals surface area (Å²) in [7, 11) is 0. The highest BCUT2D eigenvalue weighted by Crippen LogP contribution is 2.28. The van der Waals surface area contributed by atoms with E-state index in [1.807, 2.05) is 24.8 Å². The molecule has 0 aromatic carbocycles. The molecule has 1 saturated carbocycles. The van der Waals surface area contributed by atoms with Gasteiger partial charge in [0.1, 0.15) is 5.82 Å². The van der Waals surface area contributed by atoms with Crippen molar-refractivity contribution in [3.63, 3.8) is 0 Å². The van der Waals surface area contributed by atoms with Crippen molar-refractivity contribution in [3.05, 3.63) is 23.4 Å². The quantitative estimate of drug-likeness (QED) is 0.571. The van der Waals surface area contributed by atoms with Gasteiger partial charge in [-0.25, -0.2) is 10.8 Å². The largest absolute Gasteiger partial charge is 0.348 e. The molecule has 1 aromatic rings. The molecule has 4 N–H and O–H groups in total. The van der Waals surface area contributed by atoms with Crippen LogP contribution in [0.2, 0.25) is 0 Å². The van der Waals surface area contributed by atoms with Gasteiger partial charge < -0.3 is 10.7 Å². The zero-order valence-corrected chi connectivity index (χ0v) is 12.8. The Morgan fingerprint density at radius 1 is 1.50 bits per heavy atom. The molecular formula is C14H22N4OS. The average molecular weight is 294 g/mol. The molecule has 0 saturated heterocycles. The van der Waals surface area contributed by atoms with Gasteiger partial charge in [0.05, 0.1) is 0 Å². The zero-order valence-electron chi connectivity index (χ0n) is 12.0. The molecule has 0 spiro atoms. The summed E-state index contributed by atoms with van der Waals surface area (Å²) in [6.45, 7) is 2.00. The molecule has 0 bridgehead atoms. The normalized spacial score (nSPS) is 21.8. The number of amides is 1. The molecule has 1 aromatic heterocycles. The molecular weight excluding hydrogens is 272 g/mol. The van der Waals surface area contributed by atoms with Crippen molar-refractivity contribution in [1.29, 1.82) is 0 Å². The van der Waals surface area contributed by atoms with Crippen LogP contribution in [-0.2, 0) is 6.42 Å². The Kier molecular flexibility index (Phi) is 5.25. The van der Waals surface area contributed by atoms with Crippen LogP contribution in [0.15, 0.2) is 12.1 Å². The molecule has 110 valence electrons. The number of anilines is 1. The number of carbonyl (C=O) groups excluding carboxylic acids is 1. The van der Waals surface area contributed by atoms with Crippen LogP contribution >= 0.6 is 11.8 Å². The Morgan fingerprint density at radius 2 is 2.30 bits per heavy atom. The van der Waals surface area contributed by atoms with Crippen LogP contribution in [0.25, 0.3) is 0 Å². The number of hydrogen-bond acceptors (Lipinski definition) is 5. The van der Waals surface area contributed by atoms with Gasteiger partial charge in [-0.05, 0) is 37.7 Å². The summed E-state index contributed by atoms with van der Waals surface area (Å²) in [5.41, 5.74) is 4.00. The fourth-order valence-corrected chi connectivity index (χ4v) is 3.53. The highest BCUT2D eigenvalue weighted by Gasteiger charge is 2.28. The van der Waals surface area contributed by atoms with Crippen LogP contribution in [0.5, 0.6) is 0 Å². The molecule has 0 radical (unpaired) electrons. The van der Waals surface area contributed by atoms with Gasteiger partial charge >= 0.3 is 0 Å². The molecule has 2 unspecified atom stereocenters. The van der Waals surface area contributed by atoms with Crippen molar-refractivity contribution in [1.82, 2.24) is 10.3 Å². The zero-order chi connectivity index (χ0) is 14.5. The van der Waals surface area contributed by atoms with Crippen LogP contribution in [0.4, 0.5) is 5.82 Å². The highest BCUT2D eigenvalue weighted by atomic mass is 32.2. The van der Waals surface area contributed by atoms with Gasteiger partial charge in [-0.15, -0.1) is 0 Å². The Morgan fingerprint density at radius 3 is 2.95 bits per heavy atom. The molecule has 1 aliphatic carbocycles. The number of thioether (sulfide) groups is 1. The van der Waals surface area contributed by atoms with Gasteiger partial charge in [-0.3, -0.25) is 4.79 Å². The molecule has 5 nitrogen and oxygen atoms in total. The van der Waals surface area contributed by atoms with Crippen LogP contribution in [0, 0.1) is 0 Å². The average Bonchev–Trinajstić information content (AvgIpc) is 2.93. The number of nitrogens with one attached hydrogen (secondary N) is 2. The standard InChI is InChI=1S/C14H22N4OS/c1-3-10-7-9(8-13(16-10)18-15)14(19)17-11-5-4-6-12(11)20-2/h7-8,11-12H,3-6,15H2,1-2H3,(H,16,18)(H,17,19). The summed E-state index contributed by atoms with van der Waals surface area (Å²) >= 11 is 1.83. The minimum Gasteiger partial charge on any atom is -0.348 e. The Labute approximate surface area is 124 Å². The number of nitrogens with two attached hydrogens (primary N) is 1. The number of hydrazine groups is 1. The van der Waals surface area contributed by atoms with E-state index >= 15 is 0 Å². The maximum Gasteiger partial charge on any atom is 0.251 e. The summed E-state index contributed by atoms with van der Waals surface area (Å²) in [4.78, 5) is 16.7. The van der Waals surface area contributed by atoms with Crippen molar-refractivity contribution in [3.8, 4) is 0 Å². The van der Waals surface area contributed by atoms with E-state index in [9.17, 15) is 4.79 Å². The number of pyridine rings is 1. The van der Waals surface area contributed by atoms with Crippen LogP contribution < -0.4 is 16.6 Å². The van der Waals surface area contributed by atoms with Crippen LogP contribution in [0.1, 0.15) is 42.2 Å². The lowest BCUT2D eigenvalue weighted by Crippen LogP contribution is -2.38. The predicted octanol–water partition coefficient (Wildman–Crippen LogP) is 1.94. The summed E-state index contributed by atoms with van der Waals surface area (Å²) in [6, 6.07) is 3.79. The first-order valence-electron chi connectivity index (χ1n) is 6.99. The molecule has 20 heavy (non-hydrogen) atoms. The lowest BCUT2D eigenvalue weighted by atomic mass is 10.1. The van der Waals surface area contributed by atoms with E-state index in [1.165, 1.54) is 12.8 Å². The third kappa shape index (κ3) is 3.43. The number of nitrogens with zero attached hydrogens (tertiary/aromatic N) is 1. The Bertz CT molecular complexity index is 458. The minimum absolute atomic E-state index is 0.0375.